The van der Waals surface area contributed by atoms with Crippen LogP contribution in [-0.4, -0.2) is 54.2 Å². The van der Waals surface area contributed by atoms with Gasteiger partial charge in [0.05, 0.1) is 30.0 Å². The van der Waals surface area contributed by atoms with E-state index >= 15 is 0 Å². The van der Waals surface area contributed by atoms with Gasteiger partial charge < -0.3 is 14.8 Å². The maximum absolute atomic E-state index is 13.5. The Morgan fingerprint density at radius 1 is 1.07 bits per heavy atom. The van der Waals surface area contributed by atoms with Crippen LogP contribution in [0, 0.1) is 12.8 Å². The molecule has 4 heterocycles. The molecule has 0 radical (unpaired) electrons. The lowest BCUT2D eigenvalue weighted by atomic mass is 9.85. The van der Waals surface area contributed by atoms with Crippen LogP contribution in [0.1, 0.15) is 82.3 Å². The summed E-state index contributed by atoms with van der Waals surface area (Å²) in [6.07, 6.45) is 10.6. The van der Waals surface area contributed by atoms with Crippen LogP contribution >= 0.6 is 0 Å². The Morgan fingerprint density at radius 2 is 1.93 bits per heavy atom. The van der Waals surface area contributed by atoms with E-state index in [2.05, 4.69) is 59.0 Å². The molecular weight excluding hydrogens is 566 g/mol. The Labute approximate surface area is 263 Å². The van der Waals surface area contributed by atoms with Crippen molar-refractivity contribution in [3.05, 3.63) is 65.6 Å². The van der Waals surface area contributed by atoms with Crippen LogP contribution in [-0.2, 0) is 22.6 Å². The summed E-state index contributed by atoms with van der Waals surface area (Å²) in [7, 11) is 0. The Morgan fingerprint density at radius 3 is 2.69 bits per heavy atom. The van der Waals surface area contributed by atoms with Gasteiger partial charge in [0.2, 0.25) is 0 Å². The van der Waals surface area contributed by atoms with E-state index < -0.39 is 5.60 Å². The van der Waals surface area contributed by atoms with Gasteiger partial charge in [0.15, 0.2) is 6.23 Å². The number of nitrogens with one attached hydrogen (secondary N) is 1. The normalized spacial score (nSPS) is 17.6. The summed E-state index contributed by atoms with van der Waals surface area (Å²) < 4.78 is 17.5. The Bertz CT molecular complexity index is 1830. The number of fused-ring (bicyclic) bond motifs is 2. The van der Waals surface area contributed by atoms with Gasteiger partial charge >= 0.3 is 6.09 Å². The molecule has 1 aliphatic carbocycles. The van der Waals surface area contributed by atoms with Crippen molar-refractivity contribution in [3.8, 4) is 11.3 Å². The van der Waals surface area contributed by atoms with Gasteiger partial charge in [-0.25, -0.2) is 18.7 Å². The van der Waals surface area contributed by atoms with Crippen molar-refractivity contribution in [3.63, 3.8) is 0 Å². The molecule has 1 aliphatic heterocycles. The molecule has 0 spiro atoms. The first-order valence-electron chi connectivity index (χ1n) is 16.3. The number of benzene rings is 2. The van der Waals surface area contributed by atoms with Crippen LogP contribution in [0.3, 0.4) is 0 Å². The van der Waals surface area contributed by atoms with Gasteiger partial charge in [0.1, 0.15) is 11.3 Å². The van der Waals surface area contributed by atoms with E-state index in [1.54, 1.807) is 4.57 Å². The van der Waals surface area contributed by atoms with E-state index in [9.17, 15) is 4.79 Å². The number of carbonyl (C=O) groups excluding carboxylic acids is 1. The van der Waals surface area contributed by atoms with E-state index in [1.807, 2.05) is 42.5 Å². The van der Waals surface area contributed by atoms with Crippen molar-refractivity contribution in [2.24, 2.45) is 5.92 Å². The van der Waals surface area contributed by atoms with Gasteiger partial charge in [-0.05, 0) is 108 Å². The van der Waals surface area contributed by atoms with Gasteiger partial charge in [0.25, 0.3) is 0 Å². The molecule has 1 N–H and O–H groups in total. The molecule has 10 heteroatoms. The molecule has 45 heavy (non-hydrogen) atoms. The van der Waals surface area contributed by atoms with Crippen molar-refractivity contribution in [1.82, 2.24) is 34.7 Å². The summed E-state index contributed by atoms with van der Waals surface area (Å²) in [4.78, 5) is 13.5. The number of ether oxygens (including phenoxy) is 2. The topological polar surface area (TPSA) is 101 Å². The van der Waals surface area contributed by atoms with Crippen molar-refractivity contribution in [2.75, 3.05) is 13.2 Å². The zero-order valence-corrected chi connectivity index (χ0v) is 26.8. The van der Waals surface area contributed by atoms with E-state index in [0.29, 0.717) is 13.1 Å². The van der Waals surface area contributed by atoms with Crippen LogP contribution < -0.4 is 5.32 Å². The molecule has 236 valence electrons. The fourth-order valence-corrected chi connectivity index (χ4v) is 6.49. The minimum atomic E-state index is -0.597. The van der Waals surface area contributed by atoms with Crippen molar-refractivity contribution in [1.29, 1.82) is 0 Å². The van der Waals surface area contributed by atoms with Gasteiger partial charge in [-0.1, -0.05) is 23.8 Å². The summed E-state index contributed by atoms with van der Waals surface area (Å²) in [5.41, 5.74) is 6.15. The number of aromatic nitrogens is 6. The third-order valence-electron chi connectivity index (χ3n) is 8.93. The second-order valence-electron chi connectivity index (χ2n) is 13.7. The zero-order valence-electron chi connectivity index (χ0n) is 26.8. The Kier molecular flexibility index (Phi) is 7.95. The predicted molar refractivity (Wildman–Crippen MR) is 174 cm³/mol. The highest BCUT2D eigenvalue weighted by molar-refractivity contribution is 5.94. The first-order chi connectivity index (χ1) is 21.7. The summed E-state index contributed by atoms with van der Waals surface area (Å²) in [5, 5.41) is 19.4. The molecule has 2 aromatic carbocycles. The summed E-state index contributed by atoms with van der Waals surface area (Å²) in [5.74, 6) is 0.738. The van der Waals surface area contributed by atoms with E-state index in [-0.39, 0.29) is 12.3 Å². The van der Waals surface area contributed by atoms with Crippen LogP contribution in [0.4, 0.5) is 4.79 Å². The molecule has 5 aromatic rings. The summed E-state index contributed by atoms with van der Waals surface area (Å²) >= 11 is 0. The van der Waals surface area contributed by atoms with E-state index in [4.69, 9.17) is 14.6 Å². The van der Waals surface area contributed by atoms with Crippen LogP contribution in [0.15, 0.2) is 48.8 Å². The molecule has 7 rings (SSSR count). The molecular formula is C35H43N7O3. The number of hydrogen-bond acceptors (Lipinski definition) is 7. The van der Waals surface area contributed by atoms with Gasteiger partial charge in [-0.15, -0.1) is 5.10 Å². The van der Waals surface area contributed by atoms with Gasteiger partial charge in [-0.2, -0.15) is 5.10 Å². The van der Waals surface area contributed by atoms with E-state index in [0.717, 1.165) is 88.2 Å². The highest BCUT2D eigenvalue weighted by Crippen LogP contribution is 2.33. The molecule has 2 fully saturated rings. The number of rotatable bonds is 8. The zero-order chi connectivity index (χ0) is 31.1. The predicted octanol–water partition coefficient (Wildman–Crippen LogP) is 6.98. The van der Waals surface area contributed by atoms with Crippen LogP contribution in [0.5, 0.6) is 0 Å². The van der Waals surface area contributed by atoms with Crippen molar-refractivity contribution < 1.29 is 14.3 Å². The average Bonchev–Trinajstić information content (AvgIpc) is 3.70. The largest absolute Gasteiger partial charge is 0.443 e. The van der Waals surface area contributed by atoms with Gasteiger partial charge in [-0.3, -0.25) is 0 Å². The highest BCUT2D eigenvalue weighted by atomic mass is 16.6. The quantitative estimate of drug-likeness (QED) is 0.203. The van der Waals surface area contributed by atoms with Crippen LogP contribution in [0.25, 0.3) is 33.1 Å². The molecule has 1 atom stereocenters. The first kappa shape index (κ1) is 29.7. The molecule has 2 aliphatic rings. The second kappa shape index (κ2) is 12.1. The number of hydrogen-bond donors (Lipinski definition) is 1. The molecule has 1 unspecified atom stereocenters. The lowest BCUT2D eigenvalue weighted by Crippen LogP contribution is -2.30. The maximum Gasteiger partial charge on any atom is 0.419 e. The molecule has 10 nitrogen and oxygen atoms in total. The number of carbonyl (C=O) groups is 1. The highest BCUT2D eigenvalue weighted by Gasteiger charge is 2.24. The number of nitrogens with zero attached hydrogens (tertiary/aromatic N) is 6. The smallest absolute Gasteiger partial charge is 0.419 e. The molecule has 1 saturated heterocycles. The third-order valence-corrected chi connectivity index (χ3v) is 8.93. The maximum atomic E-state index is 13.5. The van der Waals surface area contributed by atoms with E-state index in [1.165, 1.54) is 19.3 Å². The minimum absolute atomic E-state index is 0.0322. The third kappa shape index (κ3) is 6.26. The van der Waals surface area contributed by atoms with Crippen molar-refractivity contribution >= 4 is 27.9 Å². The Hall–Kier alpha value is -4.02. The summed E-state index contributed by atoms with van der Waals surface area (Å²) in [6.45, 7) is 10.7. The summed E-state index contributed by atoms with van der Waals surface area (Å²) in [6, 6.07) is 12.6. The fraction of sp³-hybridized carbons (Fsp3) is 0.486. The first-order valence-corrected chi connectivity index (χ1v) is 16.3. The monoisotopic (exact) mass is 609 g/mol. The van der Waals surface area contributed by atoms with Crippen molar-refractivity contribution in [2.45, 2.75) is 91.1 Å². The average molecular weight is 610 g/mol. The lowest BCUT2D eigenvalue weighted by molar-refractivity contribution is -0.0366. The van der Waals surface area contributed by atoms with Crippen LogP contribution in [0.2, 0.25) is 0 Å². The lowest BCUT2D eigenvalue weighted by Gasteiger charge is -2.25. The Balaban J connectivity index is 1.16. The number of aryl methyl sites for hydroxylation is 1. The second-order valence-corrected chi connectivity index (χ2v) is 13.7. The van der Waals surface area contributed by atoms with Gasteiger partial charge in [0, 0.05) is 35.2 Å². The molecule has 1 saturated carbocycles. The molecule has 3 aromatic heterocycles. The standard InChI is InChI=1S/C35H43N7O3/c1-23-14-28(29-20-37-42(32(29)15-23)33-10-5-6-13-44-33)30-22-40(39-38-30)21-25-11-12-26-17-27(19-36-18-24-8-7-9-24)41(31(26)16-25)34(43)45-35(2,3)4/h11-12,14-17,20,22,24,33,36H,5-10,13,18-19,21H2,1-4H3. The minimum Gasteiger partial charge on any atom is -0.443 e. The fourth-order valence-electron chi connectivity index (χ4n) is 6.49. The molecule has 0 amide bonds. The SMILES string of the molecule is Cc1cc(-c2cn(Cc3ccc4cc(CNCC5CCC5)n(C(=O)OC(C)(C)C)c4c3)nn2)c2cnn(C3CCCCO3)c2c1. The molecule has 0 bridgehead atoms.